The summed E-state index contributed by atoms with van der Waals surface area (Å²) in [6.45, 7) is 3.29. The monoisotopic (exact) mass is 300 g/mol. The van der Waals surface area contributed by atoms with Gasteiger partial charge in [-0.2, -0.15) is 10.2 Å². The smallest absolute Gasteiger partial charge is 0.224 e. The van der Waals surface area contributed by atoms with E-state index in [9.17, 15) is 0 Å². The van der Waals surface area contributed by atoms with Gasteiger partial charge >= 0.3 is 0 Å². The molecule has 3 N–H and O–H groups in total. The van der Waals surface area contributed by atoms with Gasteiger partial charge < -0.3 is 16.0 Å². The Morgan fingerprint density at radius 3 is 2.86 bits per heavy atom. The highest BCUT2D eigenvalue weighted by Crippen LogP contribution is 2.28. The quantitative estimate of drug-likeness (QED) is 0.883. The summed E-state index contributed by atoms with van der Waals surface area (Å²) in [7, 11) is 0. The van der Waals surface area contributed by atoms with E-state index in [1.807, 2.05) is 6.07 Å². The van der Waals surface area contributed by atoms with Gasteiger partial charge in [-0.25, -0.2) is 4.98 Å². The summed E-state index contributed by atoms with van der Waals surface area (Å²) >= 11 is 0. The van der Waals surface area contributed by atoms with Gasteiger partial charge in [-0.3, -0.25) is 0 Å². The van der Waals surface area contributed by atoms with Gasteiger partial charge in [0.2, 0.25) is 5.95 Å². The van der Waals surface area contributed by atoms with E-state index in [4.69, 9.17) is 11.0 Å². The summed E-state index contributed by atoms with van der Waals surface area (Å²) in [6.07, 6.45) is 9.53. The number of aromatic nitrogens is 2. The van der Waals surface area contributed by atoms with Crippen LogP contribution in [0.5, 0.6) is 0 Å². The number of nitriles is 1. The van der Waals surface area contributed by atoms with Crippen molar-refractivity contribution in [2.24, 2.45) is 5.92 Å². The minimum atomic E-state index is 0.247. The molecule has 1 aliphatic heterocycles. The fraction of sp³-hybridized carbons (Fsp3) is 0.688. The third kappa shape index (κ3) is 3.47. The molecule has 1 aromatic rings. The number of anilines is 2. The zero-order valence-corrected chi connectivity index (χ0v) is 13.0. The van der Waals surface area contributed by atoms with Crippen molar-refractivity contribution >= 4 is 11.8 Å². The van der Waals surface area contributed by atoms with Crippen LogP contribution in [0.4, 0.5) is 11.8 Å². The molecule has 1 aliphatic carbocycles. The molecule has 6 heteroatoms. The van der Waals surface area contributed by atoms with Crippen LogP contribution in [0, 0.1) is 17.2 Å². The van der Waals surface area contributed by atoms with E-state index in [0.717, 1.165) is 12.6 Å². The Morgan fingerprint density at radius 1 is 1.32 bits per heavy atom. The SMILES string of the molecule is N#Cc1cnc(NC[C@H]2CCCN(C3CCCC3)C2)nc1N. The first kappa shape index (κ1) is 15.0. The van der Waals surface area contributed by atoms with Crippen LogP contribution in [0.25, 0.3) is 0 Å². The van der Waals surface area contributed by atoms with Crippen molar-refractivity contribution in [3.05, 3.63) is 11.8 Å². The lowest BCUT2D eigenvalue weighted by Crippen LogP contribution is -2.43. The lowest BCUT2D eigenvalue weighted by molar-refractivity contribution is 0.129. The Labute approximate surface area is 131 Å². The number of likely N-dealkylation sites (tertiary alicyclic amines) is 1. The average Bonchev–Trinajstić information content (AvgIpc) is 3.08. The van der Waals surface area contributed by atoms with Crippen LogP contribution >= 0.6 is 0 Å². The van der Waals surface area contributed by atoms with E-state index in [2.05, 4.69) is 20.2 Å². The van der Waals surface area contributed by atoms with Crippen LogP contribution in [-0.4, -0.2) is 40.5 Å². The standard InChI is InChI=1S/C16H24N6/c17-8-13-10-20-16(21-15(13)18)19-9-12-4-3-7-22(11-12)14-5-1-2-6-14/h10,12,14H,1-7,9,11H2,(H3,18,19,20,21)/t12-/m1/s1. The maximum Gasteiger partial charge on any atom is 0.224 e. The number of hydrogen-bond acceptors (Lipinski definition) is 6. The third-order valence-corrected chi connectivity index (χ3v) is 4.88. The molecule has 1 aromatic heterocycles. The zero-order chi connectivity index (χ0) is 15.4. The van der Waals surface area contributed by atoms with E-state index in [1.165, 1.54) is 57.8 Å². The van der Waals surface area contributed by atoms with Crippen molar-refractivity contribution in [3.8, 4) is 6.07 Å². The number of nitrogens with zero attached hydrogens (tertiary/aromatic N) is 4. The number of hydrogen-bond donors (Lipinski definition) is 2. The summed E-state index contributed by atoms with van der Waals surface area (Å²) in [6, 6.07) is 2.79. The normalized spacial score (nSPS) is 23.3. The third-order valence-electron chi connectivity index (χ3n) is 4.88. The highest BCUT2D eigenvalue weighted by molar-refractivity contribution is 5.49. The van der Waals surface area contributed by atoms with Crippen LogP contribution in [0.2, 0.25) is 0 Å². The molecular weight excluding hydrogens is 276 g/mol. The van der Waals surface area contributed by atoms with Crippen LogP contribution in [0.3, 0.4) is 0 Å². The van der Waals surface area contributed by atoms with Gasteiger partial charge in [0.25, 0.3) is 0 Å². The van der Waals surface area contributed by atoms with Gasteiger partial charge in [-0.05, 0) is 38.1 Å². The molecule has 3 rings (SSSR count). The van der Waals surface area contributed by atoms with E-state index in [1.54, 1.807) is 0 Å². The van der Waals surface area contributed by atoms with Crippen molar-refractivity contribution in [1.82, 2.24) is 14.9 Å². The van der Waals surface area contributed by atoms with Gasteiger partial charge in [-0.15, -0.1) is 0 Å². The van der Waals surface area contributed by atoms with E-state index < -0.39 is 0 Å². The molecule has 1 saturated heterocycles. The van der Waals surface area contributed by atoms with Crippen LogP contribution < -0.4 is 11.1 Å². The van der Waals surface area contributed by atoms with Crippen LogP contribution in [0.1, 0.15) is 44.1 Å². The van der Waals surface area contributed by atoms with Crippen molar-refractivity contribution in [2.45, 2.75) is 44.6 Å². The molecule has 0 spiro atoms. The number of rotatable bonds is 4. The lowest BCUT2D eigenvalue weighted by Gasteiger charge is -2.36. The van der Waals surface area contributed by atoms with Crippen molar-refractivity contribution in [3.63, 3.8) is 0 Å². The molecule has 2 fully saturated rings. The van der Waals surface area contributed by atoms with Gasteiger partial charge in [0.05, 0.1) is 6.20 Å². The summed E-state index contributed by atoms with van der Waals surface area (Å²) < 4.78 is 0. The van der Waals surface area contributed by atoms with Crippen molar-refractivity contribution < 1.29 is 0 Å². The molecule has 6 nitrogen and oxygen atoms in total. The highest BCUT2D eigenvalue weighted by Gasteiger charge is 2.27. The number of nitrogens with one attached hydrogen (secondary N) is 1. The largest absolute Gasteiger partial charge is 0.382 e. The molecule has 0 amide bonds. The predicted octanol–water partition coefficient (Wildman–Crippen LogP) is 2.00. The van der Waals surface area contributed by atoms with Crippen LogP contribution in [-0.2, 0) is 0 Å². The van der Waals surface area contributed by atoms with Crippen molar-refractivity contribution in [1.29, 1.82) is 5.26 Å². The summed E-state index contributed by atoms with van der Waals surface area (Å²) in [4.78, 5) is 11.0. The first-order chi connectivity index (χ1) is 10.8. The summed E-state index contributed by atoms with van der Waals surface area (Å²) in [5.74, 6) is 1.40. The fourth-order valence-corrected chi connectivity index (χ4v) is 3.67. The second-order valence-corrected chi connectivity index (χ2v) is 6.43. The molecule has 1 atom stereocenters. The Hall–Kier alpha value is -1.87. The fourth-order valence-electron chi connectivity index (χ4n) is 3.67. The Bertz CT molecular complexity index is 546. The summed E-state index contributed by atoms with van der Waals surface area (Å²) in [5.41, 5.74) is 6.05. The molecule has 2 heterocycles. The van der Waals surface area contributed by atoms with Gasteiger partial charge in [0.1, 0.15) is 17.5 Å². The average molecular weight is 300 g/mol. The molecule has 22 heavy (non-hydrogen) atoms. The highest BCUT2D eigenvalue weighted by atomic mass is 15.2. The molecular formula is C16H24N6. The molecule has 118 valence electrons. The van der Waals surface area contributed by atoms with Gasteiger partial charge in [0.15, 0.2) is 0 Å². The molecule has 0 radical (unpaired) electrons. The van der Waals surface area contributed by atoms with E-state index >= 15 is 0 Å². The second kappa shape index (κ2) is 6.93. The molecule has 0 bridgehead atoms. The van der Waals surface area contributed by atoms with Gasteiger partial charge in [0, 0.05) is 19.1 Å². The summed E-state index contributed by atoms with van der Waals surface area (Å²) in [5, 5.41) is 12.1. The Kier molecular flexibility index (Phi) is 4.74. The van der Waals surface area contributed by atoms with Gasteiger partial charge in [-0.1, -0.05) is 12.8 Å². The molecule has 2 aliphatic rings. The molecule has 0 aromatic carbocycles. The first-order valence-electron chi connectivity index (χ1n) is 8.27. The van der Waals surface area contributed by atoms with Crippen molar-refractivity contribution in [2.75, 3.05) is 30.7 Å². The van der Waals surface area contributed by atoms with E-state index in [-0.39, 0.29) is 5.82 Å². The Morgan fingerprint density at radius 2 is 2.14 bits per heavy atom. The van der Waals surface area contributed by atoms with Crippen LogP contribution in [0.15, 0.2) is 6.20 Å². The topological polar surface area (TPSA) is 90.9 Å². The lowest BCUT2D eigenvalue weighted by atomic mass is 9.96. The predicted molar refractivity (Wildman–Crippen MR) is 86.2 cm³/mol. The minimum absolute atomic E-state index is 0.247. The minimum Gasteiger partial charge on any atom is -0.382 e. The maximum atomic E-state index is 8.84. The molecule has 1 saturated carbocycles. The molecule has 0 unspecified atom stereocenters. The van der Waals surface area contributed by atoms with E-state index in [0.29, 0.717) is 17.4 Å². The number of nitrogen functional groups attached to an aromatic ring is 1. The second-order valence-electron chi connectivity index (χ2n) is 6.43. The maximum absolute atomic E-state index is 8.84. The Balaban J connectivity index is 1.52. The number of nitrogens with two attached hydrogens (primary N) is 1. The zero-order valence-electron chi connectivity index (χ0n) is 13.0. The first-order valence-corrected chi connectivity index (χ1v) is 8.27. The number of piperidine rings is 1.